The van der Waals surface area contributed by atoms with Gasteiger partial charge < -0.3 is 20.1 Å². The zero-order chi connectivity index (χ0) is 13.8. The van der Waals surface area contributed by atoms with Crippen LogP contribution in [0.2, 0.25) is 0 Å². The summed E-state index contributed by atoms with van der Waals surface area (Å²) in [5.74, 6) is 1.76. The minimum absolute atomic E-state index is 0.186. The first-order valence-electron chi connectivity index (χ1n) is 6.49. The van der Waals surface area contributed by atoms with Crippen LogP contribution in [0.3, 0.4) is 0 Å². The predicted octanol–water partition coefficient (Wildman–Crippen LogP) is 0.623. The number of likely N-dealkylation sites (tertiary alicyclic amines) is 1. The Morgan fingerprint density at radius 1 is 1.53 bits per heavy atom. The number of hydrogen-bond acceptors (Lipinski definition) is 4. The fraction of sp³-hybridized carbons (Fsp3) is 0.833. The molecule has 108 valence electrons. The van der Waals surface area contributed by atoms with Gasteiger partial charge in [-0.15, -0.1) is 0 Å². The lowest BCUT2D eigenvalue weighted by molar-refractivity contribution is -0.141. The number of thioether (sulfide) groups is 1. The molecule has 0 aromatic carbocycles. The molecule has 0 aromatic heterocycles. The summed E-state index contributed by atoms with van der Waals surface area (Å²) in [6.07, 6.45) is 1.29. The highest BCUT2D eigenvalue weighted by Gasteiger charge is 2.39. The Kier molecular flexibility index (Phi) is 4.93. The Morgan fingerprint density at radius 2 is 2.32 bits per heavy atom. The molecule has 2 heterocycles. The van der Waals surface area contributed by atoms with Crippen molar-refractivity contribution in [3.63, 3.8) is 0 Å². The van der Waals surface area contributed by atoms with Crippen molar-refractivity contribution in [1.82, 2.24) is 10.2 Å². The molecule has 2 fully saturated rings. The van der Waals surface area contributed by atoms with Gasteiger partial charge in [-0.3, -0.25) is 0 Å². The van der Waals surface area contributed by atoms with Crippen LogP contribution >= 0.6 is 11.8 Å². The maximum absolute atomic E-state index is 12.1. The Balaban J connectivity index is 1.87. The molecule has 0 spiro atoms. The van der Waals surface area contributed by atoms with Crippen LogP contribution in [-0.2, 0) is 9.53 Å². The number of carboxylic acids is 1. The fourth-order valence-electron chi connectivity index (χ4n) is 2.50. The standard InChI is InChI=1S/C12H20N2O4S/c1-18-9-4-10(11(15)16)14(6-9)12(17)13-5-8-2-3-19-7-8/h8-10H,2-7H2,1H3,(H,13,17)(H,15,16). The minimum atomic E-state index is -0.967. The monoisotopic (exact) mass is 288 g/mol. The molecule has 3 atom stereocenters. The summed E-state index contributed by atoms with van der Waals surface area (Å²) in [6, 6.07) is -1.06. The highest BCUT2D eigenvalue weighted by atomic mass is 32.2. The lowest BCUT2D eigenvalue weighted by Crippen LogP contribution is -2.47. The molecule has 0 saturated carbocycles. The van der Waals surface area contributed by atoms with Crippen LogP contribution in [0.15, 0.2) is 0 Å². The number of rotatable bonds is 4. The molecule has 2 aliphatic heterocycles. The Hall–Kier alpha value is -0.950. The predicted molar refractivity (Wildman–Crippen MR) is 72.4 cm³/mol. The van der Waals surface area contributed by atoms with Gasteiger partial charge in [0, 0.05) is 26.6 Å². The van der Waals surface area contributed by atoms with Crippen molar-refractivity contribution < 1.29 is 19.4 Å². The quantitative estimate of drug-likeness (QED) is 0.793. The van der Waals surface area contributed by atoms with Crippen LogP contribution in [0, 0.1) is 5.92 Å². The van der Waals surface area contributed by atoms with Crippen molar-refractivity contribution in [3.8, 4) is 0 Å². The number of urea groups is 1. The molecule has 0 aromatic rings. The number of ether oxygens (including phenoxy) is 1. The zero-order valence-corrected chi connectivity index (χ0v) is 11.8. The largest absolute Gasteiger partial charge is 0.480 e. The molecule has 3 unspecified atom stereocenters. The maximum Gasteiger partial charge on any atom is 0.326 e. The third kappa shape index (κ3) is 3.54. The van der Waals surface area contributed by atoms with E-state index in [0.29, 0.717) is 25.4 Å². The van der Waals surface area contributed by atoms with Gasteiger partial charge in [0.2, 0.25) is 0 Å². The van der Waals surface area contributed by atoms with Crippen LogP contribution in [-0.4, -0.2) is 65.9 Å². The molecule has 0 radical (unpaired) electrons. The number of aliphatic carboxylic acids is 1. The van der Waals surface area contributed by atoms with Crippen LogP contribution < -0.4 is 5.32 Å². The summed E-state index contributed by atoms with van der Waals surface area (Å²) in [5, 5.41) is 12.0. The van der Waals surface area contributed by atoms with Crippen LogP contribution in [0.25, 0.3) is 0 Å². The number of carboxylic acid groups (broad SMARTS) is 1. The van der Waals surface area contributed by atoms with E-state index in [1.165, 1.54) is 4.90 Å². The van der Waals surface area contributed by atoms with Crippen molar-refractivity contribution in [2.45, 2.75) is 25.0 Å². The number of carbonyl (C=O) groups is 2. The van der Waals surface area contributed by atoms with Gasteiger partial charge in [-0.2, -0.15) is 11.8 Å². The number of methoxy groups -OCH3 is 1. The van der Waals surface area contributed by atoms with Gasteiger partial charge in [-0.05, 0) is 23.8 Å². The average molecular weight is 288 g/mol. The van der Waals surface area contributed by atoms with Gasteiger partial charge in [0.15, 0.2) is 0 Å². The Morgan fingerprint density at radius 3 is 2.89 bits per heavy atom. The van der Waals surface area contributed by atoms with Crippen molar-refractivity contribution in [1.29, 1.82) is 0 Å². The third-order valence-corrected chi connectivity index (χ3v) is 4.94. The summed E-state index contributed by atoms with van der Waals surface area (Å²) < 4.78 is 5.16. The molecule has 19 heavy (non-hydrogen) atoms. The van der Waals surface area contributed by atoms with E-state index in [1.54, 1.807) is 7.11 Å². The molecule has 6 nitrogen and oxygen atoms in total. The van der Waals surface area contributed by atoms with E-state index in [2.05, 4.69) is 5.32 Å². The summed E-state index contributed by atoms with van der Waals surface area (Å²) in [7, 11) is 1.54. The van der Waals surface area contributed by atoms with E-state index in [1.807, 2.05) is 11.8 Å². The number of carbonyl (C=O) groups excluding carboxylic acids is 1. The van der Waals surface area contributed by atoms with Gasteiger partial charge in [0.1, 0.15) is 6.04 Å². The van der Waals surface area contributed by atoms with E-state index < -0.39 is 12.0 Å². The van der Waals surface area contributed by atoms with Crippen molar-refractivity contribution in [2.24, 2.45) is 5.92 Å². The molecule has 7 heteroatoms. The van der Waals surface area contributed by atoms with Gasteiger partial charge in [0.25, 0.3) is 0 Å². The molecular formula is C12H20N2O4S. The summed E-state index contributed by atoms with van der Waals surface area (Å²) >= 11 is 1.90. The fourth-order valence-corrected chi connectivity index (χ4v) is 3.79. The van der Waals surface area contributed by atoms with Crippen molar-refractivity contribution in [3.05, 3.63) is 0 Å². The summed E-state index contributed by atoms with van der Waals surface area (Å²) in [6.45, 7) is 0.977. The van der Waals surface area contributed by atoms with Crippen molar-refractivity contribution >= 4 is 23.8 Å². The zero-order valence-electron chi connectivity index (χ0n) is 11.0. The van der Waals surface area contributed by atoms with Gasteiger partial charge in [-0.1, -0.05) is 0 Å². The number of amides is 2. The third-order valence-electron chi connectivity index (χ3n) is 3.71. The molecule has 2 rings (SSSR count). The normalized spacial score (nSPS) is 30.6. The first kappa shape index (κ1) is 14.5. The van der Waals surface area contributed by atoms with E-state index in [4.69, 9.17) is 9.84 Å². The average Bonchev–Trinajstić information content (AvgIpc) is 3.04. The summed E-state index contributed by atoms with van der Waals surface area (Å²) in [4.78, 5) is 24.6. The number of nitrogens with zero attached hydrogens (tertiary/aromatic N) is 1. The first-order valence-corrected chi connectivity index (χ1v) is 7.65. The second kappa shape index (κ2) is 6.47. The SMILES string of the molecule is COC1CC(C(=O)O)N(C(=O)NCC2CCSC2)C1. The summed E-state index contributed by atoms with van der Waals surface area (Å²) in [5.41, 5.74) is 0. The first-order chi connectivity index (χ1) is 9.11. The van der Waals surface area contributed by atoms with Gasteiger partial charge in [0.05, 0.1) is 6.10 Å². The van der Waals surface area contributed by atoms with Gasteiger partial charge in [-0.25, -0.2) is 9.59 Å². The minimum Gasteiger partial charge on any atom is -0.480 e. The van der Waals surface area contributed by atoms with Crippen molar-refractivity contribution in [2.75, 3.05) is 31.7 Å². The van der Waals surface area contributed by atoms with Crippen LogP contribution in [0.1, 0.15) is 12.8 Å². The number of hydrogen-bond donors (Lipinski definition) is 2. The molecule has 0 bridgehead atoms. The molecular weight excluding hydrogens is 268 g/mol. The highest BCUT2D eigenvalue weighted by Crippen LogP contribution is 2.23. The smallest absolute Gasteiger partial charge is 0.326 e. The van der Waals surface area contributed by atoms with E-state index >= 15 is 0 Å². The van der Waals surface area contributed by atoms with E-state index in [0.717, 1.165) is 17.9 Å². The second-order valence-electron chi connectivity index (χ2n) is 5.02. The van der Waals surface area contributed by atoms with Crippen LogP contribution in [0.5, 0.6) is 0 Å². The lowest BCUT2D eigenvalue weighted by atomic mass is 10.1. The second-order valence-corrected chi connectivity index (χ2v) is 6.17. The Bertz CT molecular complexity index is 347. The molecule has 0 aliphatic carbocycles. The Labute approximate surface area is 116 Å². The number of nitrogens with one attached hydrogen (secondary N) is 1. The molecule has 2 N–H and O–H groups in total. The topological polar surface area (TPSA) is 78.9 Å². The molecule has 2 amide bonds. The lowest BCUT2D eigenvalue weighted by Gasteiger charge is -2.22. The maximum atomic E-state index is 12.1. The van der Waals surface area contributed by atoms with Crippen LogP contribution in [0.4, 0.5) is 4.79 Å². The van der Waals surface area contributed by atoms with E-state index in [-0.39, 0.29) is 12.1 Å². The highest BCUT2D eigenvalue weighted by molar-refractivity contribution is 7.99. The molecule has 2 saturated heterocycles. The van der Waals surface area contributed by atoms with Gasteiger partial charge >= 0.3 is 12.0 Å². The molecule has 2 aliphatic rings. The van der Waals surface area contributed by atoms with E-state index in [9.17, 15) is 9.59 Å².